The molecule has 0 aliphatic carbocycles. The Bertz CT molecular complexity index is 1090. The number of para-hydroxylation sites is 1. The van der Waals surface area contributed by atoms with Gasteiger partial charge in [-0.05, 0) is 24.3 Å². The van der Waals surface area contributed by atoms with Crippen LogP contribution < -0.4 is 5.32 Å². The summed E-state index contributed by atoms with van der Waals surface area (Å²) in [5.41, 5.74) is 1.60. The Kier molecular flexibility index (Phi) is 5.45. The van der Waals surface area contributed by atoms with E-state index in [9.17, 15) is 4.79 Å². The molecule has 28 heavy (non-hydrogen) atoms. The molecule has 140 valence electrons. The van der Waals surface area contributed by atoms with Crippen molar-refractivity contribution in [2.45, 2.75) is 11.7 Å². The maximum absolute atomic E-state index is 12.4. The van der Waals surface area contributed by atoms with Gasteiger partial charge in [0.15, 0.2) is 16.1 Å². The summed E-state index contributed by atoms with van der Waals surface area (Å²) in [5.74, 6) is 0.708. The normalized spacial score (nSPS) is 10.9. The van der Waals surface area contributed by atoms with E-state index in [-0.39, 0.29) is 11.7 Å². The molecule has 0 bridgehead atoms. The number of pyridine rings is 1. The van der Waals surface area contributed by atoms with E-state index in [2.05, 4.69) is 32.1 Å². The first-order chi connectivity index (χ1) is 13.7. The van der Waals surface area contributed by atoms with Gasteiger partial charge >= 0.3 is 0 Å². The van der Waals surface area contributed by atoms with Crippen molar-refractivity contribution in [3.63, 3.8) is 0 Å². The second-order valence-electron chi connectivity index (χ2n) is 5.74. The second-order valence-corrected chi connectivity index (χ2v) is 7.72. The first kappa shape index (κ1) is 18.3. The fourth-order valence-corrected chi connectivity index (χ4v) is 4.21. The lowest BCUT2D eigenvalue weighted by Crippen LogP contribution is -2.14. The molecular weight excluding hydrogens is 392 g/mol. The third-order valence-corrected chi connectivity index (χ3v) is 5.71. The first-order valence-electron chi connectivity index (χ1n) is 8.48. The van der Waals surface area contributed by atoms with Gasteiger partial charge in [-0.3, -0.25) is 14.3 Å². The van der Waals surface area contributed by atoms with Gasteiger partial charge in [-0.2, -0.15) is 0 Å². The smallest absolute Gasteiger partial charge is 0.236 e. The molecule has 7 nitrogen and oxygen atoms in total. The Hall–Kier alpha value is -3.04. The van der Waals surface area contributed by atoms with Crippen molar-refractivity contribution in [2.75, 3.05) is 11.1 Å². The minimum Gasteiger partial charge on any atom is -0.301 e. The number of hydrogen-bond donors (Lipinski definition) is 1. The number of nitrogens with zero attached hydrogens (tertiary/aromatic N) is 5. The molecule has 0 aliphatic heterocycles. The van der Waals surface area contributed by atoms with Gasteiger partial charge in [0.2, 0.25) is 5.91 Å². The zero-order chi connectivity index (χ0) is 19.3. The molecule has 1 amide bonds. The molecule has 0 saturated carbocycles. The largest absolute Gasteiger partial charge is 0.301 e. The molecule has 0 saturated heterocycles. The zero-order valence-electron chi connectivity index (χ0n) is 14.8. The quantitative estimate of drug-likeness (QED) is 0.369. The number of carbonyl (C=O) groups excluding carboxylic acids is 1. The van der Waals surface area contributed by atoms with E-state index >= 15 is 0 Å². The monoisotopic (exact) mass is 408 g/mol. The van der Waals surface area contributed by atoms with Crippen LogP contribution in [0.3, 0.4) is 0 Å². The first-order valence-corrected chi connectivity index (χ1v) is 10.3. The van der Waals surface area contributed by atoms with Crippen molar-refractivity contribution in [1.82, 2.24) is 24.7 Å². The number of benzene rings is 1. The third kappa shape index (κ3) is 3.95. The minimum atomic E-state index is -0.142. The number of amides is 1. The molecule has 1 aromatic carbocycles. The molecule has 0 unspecified atom stereocenters. The summed E-state index contributed by atoms with van der Waals surface area (Å²) in [6, 6.07) is 13.4. The van der Waals surface area contributed by atoms with E-state index in [1.54, 1.807) is 12.3 Å². The predicted molar refractivity (Wildman–Crippen MR) is 112 cm³/mol. The van der Waals surface area contributed by atoms with Crippen LogP contribution in [-0.4, -0.2) is 36.4 Å². The van der Waals surface area contributed by atoms with Gasteiger partial charge in [0.05, 0.1) is 16.0 Å². The second kappa shape index (κ2) is 8.32. The number of thioether (sulfide) groups is 1. The highest BCUT2D eigenvalue weighted by Crippen LogP contribution is 2.26. The predicted octanol–water partition coefficient (Wildman–Crippen LogP) is 3.87. The highest BCUT2D eigenvalue weighted by Gasteiger charge is 2.16. The number of aromatic nitrogens is 5. The average molecular weight is 409 g/mol. The van der Waals surface area contributed by atoms with Crippen molar-refractivity contribution in [2.24, 2.45) is 0 Å². The van der Waals surface area contributed by atoms with Gasteiger partial charge in [0.1, 0.15) is 5.69 Å². The number of fused-ring (bicyclic) bond motifs is 1. The summed E-state index contributed by atoms with van der Waals surface area (Å²) in [6.45, 7) is 4.32. The van der Waals surface area contributed by atoms with Crippen LogP contribution in [0.25, 0.3) is 21.7 Å². The van der Waals surface area contributed by atoms with Crippen molar-refractivity contribution in [1.29, 1.82) is 0 Å². The van der Waals surface area contributed by atoms with Crippen LogP contribution in [0.2, 0.25) is 0 Å². The van der Waals surface area contributed by atoms with E-state index in [0.717, 1.165) is 15.9 Å². The molecule has 3 aromatic heterocycles. The van der Waals surface area contributed by atoms with Crippen LogP contribution in [0.5, 0.6) is 0 Å². The molecule has 0 fully saturated rings. The Balaban J connectivity index is 1.46. The SMILES string of the molecule is C=CCn1c(SCC(=O)Nc2nc3ccccc3s2)nnc1-c1ccccn1. The summed E-state index contributed by atoms with van der Waals surface area (Å²) in [5, 5.41) is 12.5. The van der Waals surface area contributed by atoms with Crippen LogP contribution >= 0.6 is 23.1 Å². The van der Waals surface area contributed by atoms with Crippen LogP contribution in [0.4, 0.5) is 5.13 Å². The van der Waals surface area contributed by atoms with Gasteiger partial charge < -0.3 is 5.32 Å². The van der Waals surface area contributed by atoms with Crippen molar-refractivity contribution in [3.05, 3.63) is 61.3 Å². The molecule has 1 N–H and O–H groups in total. The molecule has 4 aromatic rings. The van der Waals surface area contributed by atoms with Crippen LogP contribution in [-0.2, 0) is 11.3 Å². The number of anilines is 1. The summed E-state index contributed by atoms with van der Waals surface area (Å²) >= 11 is 2.77. The number of hydrogen-bond acceptors (Lipinski definition) is 7. The lowest BCUT2D eigenvalue weighted by Gasteiger charge is -2.07. The number of nitrogens with one attached hydrogen (secondary N) is 1. The molecular formula is C19H16N6OS2. The van der Waals surface area contributed by atoms with Crippen LogP contribution in [0.15, 0.2) is 66.5 Å². The highest BCUT2D eigenvalue weighted by molar-refractivity contribution is 7.99. The zero-order valence-corrected chi connectivity index (χ0v) is 16.4. The standard InChI is InChI=1S/C19H16N6OS2/c1-2-11-25-17(14-8-5-6-10-20-14)23-24-19(25)27-12-16(26)22-18-21-13-7-3-4-9-15(13)28-18/h2-10H,1,11-12H2,(H,21,22,26). The van der Waals surface area contributed by atoms with Crippen LogP contribution in [0, 0.1) is 0 Å². The lowest BCUT2D eigenvalue weighted by molar-refractivity contribution is -0.113. The molecule has 3 heterocycles. The van der Waals surface area contributed by atoms with Gasteiger partial charge in [0.25, 0.3) is 0 Å². The summed E-state index contributed by atoms with van der Waals surface area (Å²) < 4.78 is 2.93. The number of allylic oxidation sites excluding steroid dienone is 1. The topological polar surface area (TPSA) is 85.6 Å². The molecule has 0 radical (unpaired) electrons. The Labute approximate surface area is 169 Å². The number of rotatable bonds is 7. The molecule has 0 aliphatic rings. The van der Waals surface area contributed by atoms with Gasteiger partial charge in [-0.25, -0.2) is 4.98 Å². The van der Waals surface area contributed by atoms with Crippen molar-refractivity contribution in [3.8, 4) is 11.5 Å². The fourth-order valence-electron chi connectivity index (χ4n) is 2.58. The highest BCUT2D eigenvalue weighted by atomic mass is 32.2. The van der Waals surface area contributed by atoms with E-state index in [4.69, 9.17) is 0 Å². The summed E-state index contributed by atoms with van der Waals surface area (Å²) in [6.07, 6.45) is 3.47. The summed E-state index contributed by atoms with van der Waals surface area (Å²) in [7, 11) is 0. The summed E-state index contributed by atoms with van der Waals surface area (Å²) in [4.78, 5) is 21.1. The minimum absolute atomic E-state index is 0.142. The van der Waals surface area contributed by atoms with E-state index in [1.165, 1.54) is 23.1 Å². The number of carbonyl (C=O) groups is 1. The molecule has 0 atom stereocenters. The van der Waals surface area contributed by atoms with E-state index in [0.29, 0.717) is 22.7 Å². The van der Waals surface area contributed by atoms with Gasteiger partial charge in [-0.1, -0.05) is 47.4 Å². The third-order valence-electron chi connectivity index (χ3n) is 3.80. The number of thiazole rings is 1. The Morgan fingerprint density at radius 1 is 1.21 bits per heavy atom. The Morgan fingerprint density at radius 3 is 2.86 bits per heavy atom. The maximum atomic E-state index is 12.4. The van der Waals surface area contributed by atoms with Gasteiger partial charge in [0, 0.05) is 12.7 Å². The maximum Gasteiger partial charge on any atom is 0.236 e. The molecule has 4 rings (SSSR count). The van der Waals surface area contributed by atoms with Crippen LogP contribution in [0.1, 0.15) is 0 Å². The van der Waals surface area contributed by atoms with Gasteiger partial charge in [-0.15, -0.1) is 16.8 Å². The van der Waals surface area contributed by atoms with Crippen molar-refractivity contribution < 1.29 is 4.79 Å². The average Bonchev–Trinajstić information content (AvgIpc) is 3.30. The van der Waals surface area contributed by atoms with E-state index in [1.807, 2.05) is 47.0 Å². The molecule has 9 heteroatoms. The van der Waals surface area contributed by atoms with Crippen molar-refractivity contribution >= 4 is 44.4 Å². The molecule has 0 spiro atoms. The Morgan fingerprint density at radius 2 is 2.07 bits per heavy atom. The fraction of sp³-hybridized carbons (Fsp3) is 0.105. The van der Waals surface area contributed by atoms with E-state index < -0.39 is 0 Å². The lowest BCUT2D eigenvalue weighted by atomic mass is 10.3.